The summed E-state index contributed by atoms with van der Waals surface area (Å²) in [5.74, 6) is 3.18. The molecule has 1 aromatic rings. The van der Waals surface area contributed by atoms with Gasteiger partial charge in [0.2, 0.25) is 0 Å². The molecule has 1 atom stereocenters. The quantitative estimate of drug-likeness (QED) is 0.790. The Morgan fingerprint density at radius 1 is 1.33 bits per heavy atom. The van der Waals surface area contributed by atoms with Crippen LogP contribution in [0.2, 0.25) is 0 Å². The SMILES string of the molecule is OCC1CCc2nc(C3CCC3)nn2C1. The number of nitrogens with zero attached hydrogens (tertiary/aromatic N) is 3. The van der Waals surface area contributed by atoms with E-state index in [9.17, 15) is 0 Å². The Morgan fingerprint density at radius 3 is 2.87 bits per heavy atom. The minimum absolute atomic E-state index is 0.276. The highest BCUT2D eigenvalue weighted by Gasteiger charge is 2.27. The number of hydrogen-bond donors (Lipinski definition) is 1. The molecule has 4 nitrogen and oxygen atoms in total. The average Bonchev–Trinajstić information content (AvgIpc) is 2.56. The summed E-state index contributed by atoms with van der Waals surface area (Å²) in [6.45, 7) is 1.13. The molecule has 82 valence electrons. The third-order valence-corrected chi connectivity index (χ3v) is 3.70. The molecular weight excluding hydrogens is 190 g/mol. The first-order valence-corrected chi connectivity index (χ1v) is 5.91. The molecule has 0 aromatic carbocycles. The monoisotopic (exact) mass is 207 g/mol. The second-order valence-corrected chi connectivity index (χ2v) is 4.78. The lowest BCUT2D eigenvalue weighted by molar-refractivity contribution is 0.185. The zero-order valence-corrected chi connectivity index (χ0v) is 8.89. The van der Waals surface area contributed by atoms with Gasteiger partial charge in [-0.25, -0.2) is 9.67 Å². The molecule has 0 amide bonds. The van der Waals surface area contributed by atoms with E-state index in [0.717, 1.165) is 31.0 Å². The number of aromatic nitrogens is 3. The van der Waals surface area contributed by atoms with Crippen molar-refractivity contribution in [3.8, 4) is 0 Å². The van der Waals surface area contributed by atoms with E-state index in [0.29, 0.717) is 11.8 Å². The molecule has 1 aliphatic carbocycles. The van der Waals surface area contributed by atoms with Crippen LogP contribution in [0.25, 0.3) is 0 Å². The van der Waals surface area contributed by atoms with Gasteiger partial charge in [-0.15, -0.1) is 0 Å². The standard InChI is InChI=1S/C11H17N3O/c15-7-8-4-5-10-12-11(9-2-1-3-9)13-14(10)6-8/h8-9,15H,1-7H2. The van der Waals surface area contributed by atoms with Gasteiger partial charge in [0.05, 0.1) is 0 Å². The minimum Gasteiger partial charge on any atom is -0.396 e. The Kier molecular flexibility index (Phi) is 2.24. The van der Waals surface area contributed by atoms with E-state index in [1.807, 2.05) is 4.68 Å². The van der Waals surface area contributed by atoms with Crippen molar-refractivity contribution in [3.63, 3.8) is 0 Å². The largest absolute Gasteiger partial charge is 0.396 e. The number of aryl methyl sites for hydroxylation is 1. The highest BCUT2D eigenvalue weighted by atomic mass is 16.3. The summed E-state index contributed by atoms with van der Waals surface area (Å²) >= 11 is 0. The zero-order valence-electron chi connectivity index (χ0n) is 8.89. The van der Waals surface area contributed by atoms with Crippen molar-refractivity contribution < 1.29 is 5.11 Å². The smallest absolute Gasteiger partial charge is 0.154 e. The van der Waals surface area contributed by atoms with Crippen molar-refractivity contribution in [2.45, 2.75) is 44.6 Å². The lowest BCUT2D eigenvalue weighted by Crippen LogP contribution is -2.23. The predicted octanol–water partition coefficient (Wildman–Crippen LogP) is 1.10. The van der Waals surface area contributed by atoms with E-state index in [2.05, 4.69) is 10.1 Å². The molecule has 2 heterocycles. The Balaban J connectivity index is 1.81. The van der Waals surface area contributed by atoms with Crippen molar-refractivity contribution in [1.82, 2.24) is 14.8 Å². The molecule has 1 unspecified atom stereocenters. The summed E-state index contributed by atoms with van der Waals surface area (Å²) in [5.41, 5.74) is 0. The van der Waals surface area contributed by atoms with Crippen molar-refractivity contribution >= 4 is 0 Å². The number of fused-ring (bicyclic) bond motifs is 1. The summed E-state index contributed by atoms with van der Waals surface area (Å²) < 4.78 is 2.01. The molecule has 4 heteroatoms. The first kappa shape index (κ1) is 9.33. The fraction of sp³-hybridized carbons (Fsp3) is 0.818. The van der Waals surface area contributed by atoms with Crippen LogP contribution >= 0.6 is 0 Å². The first-order chi connectivity index (χ1) is 7.36. The molecule has 1 aliphatic heterocycles. The highest BCUT2D eigenvalue weighted by Crippen LogP contribution is 2.35. The van der Waals surface area contributed by atoms with Gasteiger partial charge in [-0.2, -0.15) is 5.10 Å². The van der Waals surface area contributed by atoms with Crippen LogP contribution in [0, 0.1) is 5.92 Å². The van der Waals surface area contributed by atoms with Crippen LogP contribution < -0.4 is 0 Å². The fourth-order valence-electron chi connectivity index (χ4n) is 2.38. The Morgan fingerprint density at radius 2 is 2.20 bits per heavy atom. The summed E-state index contributed by atoms with van der Waals surface area (Å²) in [5, 5.41) is 13.7. The van der Waals surface area contributed by atoms with Gasteiger partial charge < -0.3 is 5.11 Å². The third-order valence-electron chi connectivity index (χ3n) is 3.70. The molecule has 0 radical (unpaired) electrons. The highest BCUT2D eigenvalue weighted by molar-refractivity contribution is 5.04. The molecule has 0 bridgehead atoms. The summed E-state index contributed by atoms with van der Waals surface area (Å²) in [6, 6.07) is 0. The lowest BCUT2D eigenvalue weighted by Gasteiger charge is -2.21. The maximum absolute atomic E-state index is 9.13. The zero-order chi connectivity index (χ0) is 10.3. The van der Waals surface area contributed by atoms with E-state index in [4.69, 9.17) is 5.11 Å². The average molecular weight is 207 g/mol. The van der Waals surface area contributed by atoms with E-state index < -0.39 is 0 Å². The van der Waals surface area contributed by atoms with Crippen LogP contribution in [0.4, 0.5) is 0 Å². The van der Waals surface area contributed by atoms with E-state index in [-0.39, 0.29) is 6.61 Å². The maximum atomic E-state index is 9.13. The molecule has 1 saturated carbocycles. The van der Waals surface area contributed by atoms with Crippen LogP contribution in [0.5, 0.6) is 0 Å². The Hall–Kier alpha value is -0.900. The van der Waals surface area contributed by atoms with Crippen molar-refractivity contribution in [1.29, 1.82) is 0 Å². The maximum Gasteiger partial charge on any atom is 0.154 e. The van der Waals surface area contributed by atoms with Gasteiger partial charge >= 0.3 is 0 Å². The van der Waals surface area contributed by atoms with Crippen LogP contribution in [-0.2, 0) is 13.0 Å². The molecule has 2 aliphatic rings. The van der Waals surface area contributed by atoms with Gasteiger partial charge in [0, 0.05) is 31.4 Å². The fourth-order valence-corrected chi connectivity index (χ4v) is 2.38. The summed E-state index contributed by atoms with van der Waals surface area (Å²) in [6.07, 6.45) is 5.87. The van der Waals surface area contributed by atoms with Crippen molar-refractivity contribution in [2.24, 2.45) is 5.92 Å². The molecule has 0 spiro atoms. The Bertz CT molecular complexity index is 357. The minimum atomic E-state index is 0.276. The number of aliphatic hydroxyl groups excluding tert-OH is 1. The summed E-state index contributed by atoms with van der Waals surface area (Å²) in [7, 11) is 0. The van der Waals surface area contributed by atoms with Gasteiger partial charge in [-0.1, -0.05) is 6.42 Å². The molecule has 1 aromatic heterocycles. The van der Waals surface area contributed by atoms with Crippen LogP contribution in [-0.4, -0.2) is 26.5 Å². The number of hydrogen-bond acceptors (Lipinski definition) is 3. The molecule has 0 saturated heterocycles. The van der Waals surface area contributed by atoms with Gasteiger partial charge in [0.15, 0.2) is 5.82 Å². The normalized spacial score (nSPS) is 26.1. The van der Waals surface area contributed by atoms with E-state index in [1.54, 1.807) is 0 Å². The van der Waals surface area contributed by atoms with Gasteiger partial charge in [0.1, 0.15) is 5.82 Å². The van der Waals surface area contributed by atoms with Gasteiger partial charge in [-0.05, 0) is 19.3 Å². The third kappa shape index (κ3) is 1.57. The Labute approximate surface area is 89.3 Å². The molecular formula is C11H17N3O. The predicted molar refractivity (Wildman–Crippen MR) is 55.5 cm³/mol. The van der Waals surface area contributed by atoms with Crippen molar-refractivity contribution in [2.75, 3.05) is 6.61 Å². The molecule has 15 heavy (non-hydrogen) atoms. The molecule has 1 N–H and O–H groups in total. The van der Waals surface area contributed by atoms with Crippen molar-refractivity contribution in [3.05, 3.63) is 11.6 Å². The molecule has 1 fully saturated rings. The van der Waals surface area contributed by atoms with Crippen LogP contribution in [0.15, 0.2) is 0 Å². The summed E-state index contributed by atoms with van der Waals surface area (Å²) in [4.78, 5) is 4.61. The second-order valence-electron chi connectivity index (χ2n) is 4.78. The van der Waals surface area contributed by atoms with Crippen LogP contribution in [0.1, 0.15) is 43.3 Å². The lowest BCUT2D eigenvalue weighted by atomic mass is 9.85. The number of aliphatic hydroxyl groups is 1. The first-order valence-electron chi connectivity index (χ1n) is 5.91. The second kappa shape index (κ2) is 3.59. The van der Waals surface area contributed by atoms with Crippen LogP contribution in [0.3, 0.4) is 0 Å². The van der Waals surface area contributed by atoms with Gasteiger partial charge in [0.25, 0.3) is 0 Å². The molecule has 3 rings (SSSR count). The van der Waals surface area contributed by atoms with E-state index in [1.165, 1.54) is 19.3 Å². The number of rotatable bonds is 2. The van der Waals surface area contributed by atoms with Gasteiger partial charge in [-0.3, -0.25) is 0 Å². The van der Waals surface area contributed by atoms with E-state index >= 15 is 0 Å². The topological polar surface area (TPSA) is 50.9 Å².